The van der Waals surface area contributed by atoms with Gasteiger partial charge in [0.25, 0.3) is 0 Å². The van der Waals surface area contributed by atoms with Gasteiger partial charge in [0.2, 0.25) is 15.9 Å². The van der Waals surface area contributed by atoms with Crippen molar-refractivity contribution in [2.24, 2.45) is 5.73 Å². The summed E-state index contributed by atoms with van der Waals surface area (Å²) in [6.45, 7) is 5.00. The Morgan fingerprint density at radius 1 is 1.18 bits per heavy atom. The van der Waals surface area contributed by atoms with E-state index in [1.807, 2.05) is 25.1 Å². The van der Waals surface area contributed by atoms with Gasteiger partial charge in [-0.3, -0.25) is 9.69 Å². The summed E-state index contributed by atoms with van der Waals surface area (Å²) in [6.07, 6.45) is 0. The molecule has 150 valence electrons. The molecule has 1 saturated heterocycles. The summed E-state index contributed by atoms with van der Waals surface area (Å²) >= 11 is 0. The monoisotopic (exact) mass is 403 g/mol. The van der Waals surface area contributed by atoms with Crippen LogP contribution in [0.5, 0.6) is 0 Å². The number of rotatable bonds is 7. The minimum absolute atomic E-state index is 0.0940. The lowest BCUT2D eigenvalue weighted by Crippen LogP contribution is -2.43. The van der Waals surface area contributed by atoms with Gasteiger partial charge in [0.05, 0.1) is 18.1 Å². The molecule has 28 heavy (non-hydrogen) atoms. The Labute approximate surface area is 165 Å². The number of sulfonamides is 1. The molecule has 0 aromatic heterocycles. The lowest BCUT2D eigenvalue weighted by Gasteiger charge is -2.35. The van der Waals surface area contributed by atoms with Crippen LogP contribution >= 0.6 is 0 Å². The molecule has 0 saturated carbocycles. The van der Waals surface area contributed by atoms with Gasteiger partial charge in [-0.15, -0.1) is 0 Å². The maximum absolute atomic E-state index is 12.7. The summed E-state index contributed by atoms with van der Waals surface area (Å²) in [6, 6.07) is 13.6. The van der Waals surface area contributed by atoms with Gasteiger partial charge in [-0.25, -0.2) is 13.1 Å². The second kappa shape index (κ2) is 8.83. The second-order valence-electron chi connectivity index (χ2n) is 6.82. The van der Waals surface area contributed by atoms with E-state index in [1.54, 1.807) is 0 Å². The molecule has 0 bridgehead atoms. The van der Waals surface area contributed by atoms with Crippen LogP contribution in [0, 0.1) is 6.92 Å². The molecule has 7 nitrogen and oxygen atoms in total. The number of nitrogens with zero attached hydrogens (tertiary/aromatic N) is 1. The van der Waals surface area contributed by atoms with E-state index < -0.39 is 15.9 Å². The van der Waals surface area contributed by atoms with Crippen molar-refractivity contribution in [3.05, 3.63) is 65.2 Å². The van der Waals surface area contributed by atoms with E-state index in [9.17, 15) is 13.2 Å². The summed E-state index contributed by atoms with van der Waals surface area (Å²) in [5.41, 5.74) is 7.67. The zero-order valence-corrected chi connectivity index (χ0v) is 16.6. The number of ether oxygens (including phenoxy) is 1. The van der Waals surface area contributed by atoms with Crippen LogP contribution in [0.15, 0.2) is 53.4 Å². The standard InChI is InChI=1S/C20H25N3O4S/c1-15-3-2-4-17(13-15)19(23-9-11-27-12-10-23)14-22-28(25,26)18-7-5-16(6-8-18)20(21)24/h2-8,13,19,22H,9-12,14H2,1H3,(H2,21,24). The molecule has 0 aliphatic carbocycles. The maximum Gasteiger partial charge on any atom is 0.248 e. The molecular formula is C20H25N3O4S. The summed E-state index contributed by atoms with van der Waals surface area (Å²) < 4.78 is 33.6. The van der Waals surface area contributed by atoms with Crippen molar-refractivity contribution in [1.82, 2.24) is 9.62 Å². The molecule has 0 radical (unpaired) electrons. The summed E-state index contributed by atoms with van der Waals surface area (Å²) in [5, 5.41) is 0. The molecule has 1 heterocycles. The highest BCUT2D eigenvalue weighted by Crippen LogP contribution is 2.23. The molecule has 2 aromatic carbocycles. The van der Waals surface area contributed by atoms with Crippen molar-refractivity contribution in [3.8, 4) is 0 Å². The van der Waals surface area contributed by atoms with Crippen molar-refractivity contribution in [3.63, 3.8) is 0 Å². The Bertz CT molecular complexity index is 923. The number of nitrogens with one attached hydrogen (secondary N) is 1. The fraction of sp³-hybridized carbons (Fsp3) is 0.350. The number of benzene rings is 2. The van der Waals surface area contributed by atoms with Gasteiger partial charge in [-0.2, -0.15) is 0 Å². The first-order valence-electron chi connectivity index (χ1n) is 9.15. The van der Waals surface area contributed by atoms with Gasteiger partial charge in [-0.05, 0) is 36.8 Å². The van der Waals surface area contributed by atoms with Crippen LogP contribution in [0.3, 0.4) is 0 Å². The molecule has 1 unspecified atom stereocenters. The number of aryl methyl sites for hydroxylation is 1. The number of nitrogens with two attached hydrogens (primary N) is 1. The van der Waals surface area contributed by atoms with Crippen LogP contribution in [0.2, 0.25) is 0 Å². The molecule has 8 heteroatoms. The summed E-state index contributed by atoms with van der Waals surface area (Å²) in [7, 11) is -3.71. The number of morpholine rings is 1. The first-order valence-corrected chi connectivity index (χ1v) is 10.6. The SMILES string of the molecule is Cc1cccc(C(CNS(=O)(=O)c2ccc(C(N)=O)cc2)N2CCOCC2)c1. The van der Waals surface area contributed by atoms with Gasteiger partial charge in [0, 0.05) is 31.2 Å². The van der Waals surface area contributed by atoms with Gasteiger partial charge < -0.3 is 10.5 Å². The van der Waals surface area contributed by atoms with Crippen LogP contribution in [0.25, 0.3) is 0 Å². The van der Waals surface area contributed by atoms with Crippen LogP contribution in [-0.4, -0.2) is 52.1 Å². The quantitative estimate of drug-likeness (QED) is 0.729. The van der Waals surface area contributed by atoms with E-state index in [0.717, 1.165) is 24.2 Å². The number of hydrogen-bond acceptors (Lipinski definition) is 5. The molecular weight excluding hydrogens is 378 g/mol. The number of primary amides is 1. The van der Waals surface area contributed by atoms with Gasteiger partial charge >= 0.3 is 0 Å². The van der Waals surface area contributed by atoms with Crippen LogP contribution in [-0.2, 0) is 14.8 Å². The number of carbonyl (C=O) groups is 1. The smallest absolute Gasteiger partial charge is 0.248 e. The molecule has 1 aliphatic rings. The van der Waals surface area contributed by atoms with E-state index in [1.165, 1.54) is 24.3 Å². The van der Waals surface area contributed by atoms with E-state index >= 15 is 0 Å². The largest absolute Gasteiger partial charge is 0.379 e. The van der Waals surface area contributed by atoms with E-state index in [-0.39, 0.29) is 23.0 Å². The van der Waals surface area contributed by atoms with Crippen molar-refractivity contribution in [2.45, 2.75) is 17.9 Å². The highest BCUT2D eigenvalue weighted by Gasteiger charge is 2.25. The highest BCUT2D eigenvalue weighted by molar-refractivity contribution is 7.89. The fourth-order valence-electron chi connectivity index (χ4n) is 3.29. The van der Waals surface area contributed by atoms with E-state index in [0.29, 0.717) is 13.2 Å². The fourth-order valence-corrected chi connectivity index (χ4v) is 4.33. The van der Waals surface area contributed by atoms with Crippen molar-refractivity contribution in [2.75, 3.05) is 32.8 Å². The van der Waals surface area contributed by atoms with Gasteiger partial charge in [0.15, 0.2) is 0 Å². The average Bonchev–Trinajstić information content (AvgIpc) is 2.69. The Balaban J connectivity index is 1.79. The molecule has 3 rings (SSSR count). The molecule has 3 N–H and O–H groups in total. The molecule has 1 aliphatic heterocycles. The minimum atomic E-state index is -3.71. The Morgan fingerprint density at radius 3 is 2.46 bits per heavy atom. The first kappa shape index (κ1) is 20.5. The van der Waals surface area contributed by atoms with Crippen molar-refractivity contribution >= 4 is 15.9 Å². The normalized spacial score (nSPS) is 16.6. The predicted molar refractivity (Wildman–Crippen MR) is 106 cm³/mol. The lowest BCUT2D eigenvalue weighted by atomic mass is 10.0. The van der Waals surface area contributed by atoms with E-state index in [2.05, 4.69) is 15.7 Å². The van der Waals surface area contributed by atoms with Crippen LogP contribution in [0.1, 0.15) is 27.5 Å². The summed E-state index contributed by atoms with van der Waals surface area (Å²) in [5.74, 6) is -0.594. The van der Waals surface area contributed by atoms with Gasteiger partial charge in [-0.1, -0.05) is 29.8 Å². The minimum Gasteiger partial charge on any atom is -0.379 e. The predicted octanol–water partition coefficient (Wildman–Crippen LogP) is 1.45. The van der Waals surface area contributed by atoms with E-state index in [4.69, 9.17) is 10.5 Å². The third-order valence-corrected chi connectivity index (χ3v) is 6.27. The third-order valence-electron chi connectivity index (χ3n) is 4.83. The molecule has 1 amide bonds. The topological polar surface area (TPSA) is 102 Å². The Hall–Kier alpha value is -2.26. The Morgan fingerprint density at radius 2 is 1.86 bits per heavy atom. The molecule has 1 fully saturated rings. The zero-order chi connectivity index (χ0) is 20.1. The average molecular weight is 404 g/mol. The van der Waals surface area contributed by atoms with Crippen LogP contribution in [0.4, 0.5) is 0 Å². The maximum atomic E-state index is 12.7. The zero-order valence-electron chi connectivity index (χ0n) is 15.8. The van der Waals surface area contributed by atoms with Crippen molar-refractivity contribution < 1.29 is 17.9 Å². The molecule has 2 aromatic rings. The summed E-state index contributed by atoms with van der Waals surface area (Å²) in [4.78, 5) is 13.5. The van der Waals surface area contributed by atoms with Crippen LogP contribution < -0.4 is 10.5 Å². The molecule has 0 spiro atoms. The lowest BCUT2D eigenvalue weighted by molar-refractivity contribution is 0.0172. The van der Waals surface area contributed by atoms with Gasteiger partial charge in [0.1, 0.15) is 0 Å². The Kier molecular flexibility index (Phi) is 6.46. The third kappa shape index (κ3) is 4.96. The second-order valence-corrected chi connectivity index (χ2v) is 8.59. The van der Waals surface area contributed by atoms with Crippen molar-refractivity contribution in [1.29, 1.82) is 0 Å². The number of carbonyl (C=O) groups excluding carboxylic acids is 1. The first-order chi connectivity index (χ1) is 13.4. The number of hydrogen-bond donors (Lipinski definition) is 2. The molecule has 1 atom stereocenters. The highest BCUT2D eigenvalue weighted by atomic mass is 32.2. The number of amides is 1.